The Morgan fingerprint density at radius 1 is 1.32 bits per heavy atom. The molecule has 0 aliphatic heterocycles. The molecule has 22 heavy (non-hydrogen) atoms. The van der Waals surface area contributed by atoms with Gasteiger partial charge in [0.05, 0.1) is 33.3 Å². The minimum Gasteiger partial charge on any atom is -0.465 e. The van der Waals surface area contributed by atoms with Gasteiger partial charge in [0, 0.05) is 0 Å². The standard InChI is InChI=1S/C14H12Cl2N2O3S/c1-6-9(14(20)21-2)12(17)22-11(6)13(19)18-8-5-3-4-7(15)10(8)16/h3-5H,17H2,1-2H3,(H,18,19). The molecule has 1 aromatic carbocycles. The first kappa shape index (κ1) is 16.6. The Morgan fingerprint density at radius 2 is 2.00 bits per heavy atom. The SMILES string of the molecule is COC(=O)c1c(N)sc(C(=O)Nc2cccc(Cl)c2Cl)c1C. The largest absolute Gasteiger partial charge is 0.465 e. The molecule has 1 amide bonds. The number of thiophene rings is 1. The second-order valence-corrected chi connectivity index (χ2v) is 6.18. The molecular weight excluding hydrogens is 347 g/mol. The lowest BCUT2D eigenvalue weighted by atomic mass is 10.1. The highest BCUT2D eigenvalue weighted by atomic mass is 35.5. The van der Waals surface area contributed by atoms with Crippen LogP contribution in [0.25, 0.3) is 0 Å². The van der Waals surface area contributed by atoms with Crippen molar-refractivity contribution < 1.29 is 14.3 Å². The van der Waals surface area contributed by atoms with Crippen molar-refractivity contribution in [1.82, 2.24) is 0 Å². The highest BCUT2D eigenvalue weighted by Crippen LogP contribution is 2.33. The number of amides is 1. The number of methoxy groups -OCH3 is 1. The number of esters is 1. The van der Waals surface area contributed by atoms with E-state index < -0.39 is 11.9 Å². The summed E-state index contributed by atoms with van der Waals surface area (Å²) in [6.45, 7) is 1.63. The number of carbonyl (C=O) groups is 2. The molecule has 3 N–H and O–H groups in total. The summed E-state index contributed by atoms with van der Waals surface area (Å²) in [5.41, 5.74) is 6.84. The number of carbonyl (C=O) groups excluding carboxylic acids is 2. The van der Waals surface area contributed by atoms with E-state index in [1.54, 1.807) is 25.1 Å². The molecule has 0 saturated carbocycles. The van der Waals surface area contributed by atoms with Gasteiger partial charge >= 0.3 is 5.97 Å². The smallest absolute Gasteiger partial charge is 0.341 e. The average Bonchev–Trinajstić information content (AvgIpc) is 2.78. The number of nitrogen functional groups attached to an aromatic ring is 1. The van der Waals surface area contributed by atoms with Crippen LogP contribution < -0.4 is 11.1 Å². The predicted molar refractivity (Wildman–Crippen MR) is 89.2 cm³/mol. The van der Waals surface area contributed by atoms with Gasteiger partial charge in [-0.2, -0.15) is 0 Å². The van der Waals surface area contributed by atoms with Crippen molar-refractivity contribution >= 4 is 57.1 Å². The van der Waals surface area contributed by atoms with Gasteiger partial charge in [0.2, 0.25) is 0 Å². The number of nitrogens with one attached hydrogen (secondary N) is 1. The molecule has 2 aromatic rings. The van der Waals surface area contributed by atoms with Gasteiger partial charge in [-0.3, -0.25) is 4.79 Å². The van der Waals surface area contributed by atoms with Crippen molar-refractivity contribution in [2.45, 2.75) is 6.92 Å². The predicted octanol–water partition coefficient (Wildman–Crippen LogP) is 3.98. The van der Waals surface area contributed by atoms with Crippen LogP contribution in [0, 0.1) is 6.92 Å². The van der Waals surface area contributed by atoms with E-state index in [9.17, 15) is 9.59 Å². The van der Waals surface area contributed by atoms with Crippen LogP contribution in [0.1, 0.15) is 25.6 Å². The molecule has 8 heteroatoms. The van der Waals surface area contributed by atoms with E-state index >= 15 is 0 Å². The second kappa shape index (κ2) is 6.56. The van der Waals surface area contributed by atoms with E-state index in [2.05, 4.69) is 10.1 Å². The third-order valence-corrected chi connectivity index (χ3v) is 4.91. The topological polar surface area (TPSA) is 81.4 Å². The third-order valence-electron chi connectivity index (χ3n) is 2.97. The van der Waals surface area contributed by atoms with Crippen molar-refractivity contribution in [3.8, 4) is 0 Å². The Bertz CT molecular complexity index is 759. The van der Waals surface area contributed by atoms with Gasteiger partial charge in [-0.05, 0) is 24.6 Å². The van der Waals surface area contributed by atoms with Gasteiger partial charge in [0.15, 0.2) is 0 Å². The fraction of sp³-hybridized carbons (Fsp3) is 0.143. The van der Waals surface area contributed by atoms with Crippen LogP contribution in [0.3, 0.4) is 0 Å². The fourth-order valence-electron chi connectivity index (χ4n) is 1.89. The lowest BCUT2D eigenvalue weighted by Gasteiger charge is -2.07. The molecular formula is C14H12Cl2N2O3S. The monoisotopic (exact) mass is 358 g/mol. The maximum Gasteiger partial charge on any atom is 0.341 e. The molecule has 1 heterocycles. The Kier molecular flexibility index (Phi) is 4.95. The number of hydrogen-bond acceptors (Lipinski definition) is 5. The number of anilines is 2. The summed E-state index contributed by atoms with van der Waals surface area (Å²) in [7, 11) is 1.25. The zero-order valence-corrected chi connectivity index (χ0v) is 14.0. The third kappa shape index (κ3) is 3.04. The molecule has 0 fully saturated rings. The molecule has 0 aliphatic rings. The lowest BCUT2D eigenvalue weighted by molar-refractivity contribution is 0.0601. The molecule has 0 radical (unpaired) electrons. The van der Waals surface area contributed by atoms with Crippen LogP contribution >= 0.6 is 34.5 Å². The van der Waals surface area contributed by atoms with E-state index in [0.29, 0.717) is 21.2 Å². The molecule has 0 bridgehead atoms. The van der Waals surface area contributed by atoms with Crippen LogP contribution in [0.2, 0.25) is 10.0 Å². The molecule has 0 spiro atoms. The first-order valence-corrected chi connectivity index (χ1v) is 7.66. The molecule has 0 unspecified atom stereocenters. The highest BCUT2D eigenvalue weighted by Gasteiger charge is 2.24. The minimum atomic E-state index is -0.578. The van der Waals surface area contributed by atoms with Crippen molar-refractivity contribution in [3.05, 3.63) is 44.2 Å². The Labute approximate surface area is 141 Å². The summed E-state index contributed by atoms with van der Waals surface area (Å²) < 4.78 is 4.66. The van der Waals surface area contributed by atoms with Crippen molar-refractivity contribution in [2.75, 3.05) is 18.2 Å². The first-order chi connectivity index (χ1) is 10.4. The molecule has 2 rings (SSSR count). The van der Waals surface area contributed by atoms with Gasteiger partial charge in [0.1, 0.15) is 5.00 Å². The average molecular weight is 359 g/mol. The summed E-state index contributed by atoms with van der Waals surface area (Å²) in [4.78, 5) is 24.4. The summed E-state index contributed by atoms with van der Waals surface area (Å²) in [6.07, 6.45) is 0. The van der Waals surface area contributed by atoms with E-state index in [0.717, 1.165) is 11.3 Å². The lowest BCUT2D eigenvalue weighted by Crippen LogP contribution is -2.13. The van der Waals surface area contributed by atoms with E-state index in [1.807, 2.05) is 0 Å². The molecule has 0 aliphatic carbocycles. The quantitative estimate of drug-likeness (QED) is 0.812. The van der Waals surface area contributed by atoms with Crippen LogP contribution in [-0.2, 0) is 4.74 Å². The zero-order valence-electron chi connectivity index (χ0n) is 11.7. The number of halogens is 2. The van der Waals surface area contributed by atoms with Gasteiger partial charge in [0.25, 0.3) is 5.91 Å². The molecule has 5 nitrogen and oxygen atoms in total. The number of ether oxygens (including phenoxy) is 1. The summed E-state index contributed by atoms with van der Waals surface area (Å²) in [5.74, 6) is -1.00. The number of hydrogen-bond donors (Lipinski definition) is 2. The number of benzene rings is 1. The van der Waals surface area contributed by atoms with Crippen molar-refractivity contribution in [2.24, 2.45) is 0 Å². The Morgan fingerprint density at radius 3 is 2.64 bits per heavy atom. The number of rotatable bonds is 3. The zero-order chi connectivity index (χ0) is 16.4. The number of nitrogens with two attached hydrogens (primary N) is 1. The van der Waals surface area contributed by atoms with E-state index in [1.165, 1.54) is 7.11 Å². The van der Waals surface area contributed by atoms with Crippen LogP contribution in [0.15, 0.2) is 18.2 Å². The normalized spacial score (nSPS) is 10.4. The first-order valence-electron chi connectivity index (χ1n) is 6.09. The van der Waals surface area contributed by atoms with Gasteiger partial charge in [-0.1, -0.05) is 29.3 Å². The van der Waals surface area contributed by atoms with Crippen LogP contribution in [0.5, 0.6) is 0 Å². The maximum absolute atomic E-state index is 12.4. The van der Waals surface area contributed by atoms with Crippen LogP contribution in [0.4, 0.5) is 10.7 Å². The molecule has 0 atom stereocenters. The van der Waals surface area contributed by atoms with E-state index in [4.69, 9.17) is 28.9 Å². The molecule has 116 valence electrons. The van der Waals surface area contributed by atoms with Crippen LogP contribution in [-0.4, -0.2) is 19.0 Å². The summed E-state index contributed by atoms with van der Waals surface area (Å²) in [6, 6.07) is 4.91. The summed E-state index contributed by atoms with van der Waals surface area (Å²) in [5, 5.41) is 3.46. The Hall–Kier alpha value is -1.76. The summed E-state index contributed by atoms with van der Waals surface area (Å²) >= 11 is 12.9. The van der Waals surface area contributed by atoms with Crippen molar-refractivity contribution in [1.29, 1.82) is 0 Å². The van der Waals surface area contributed by atoms with Gasteiger partial charge in [-0.25, -0.2) is 4.79 Å². The minimum absolute atomic E-state index is 0.204. The highest BCUT2D eigenvalue weighted by molar-refractivity contribution is 7.18. The second-order valence-electron chi connectivity index (χ2n) is 4.34. The fourth-order valence-corrected chi connectivity index (χ4v) is 3.19. The molecule has 0 saturated heterocycles. The van der Waals surface area contributed by atoms with Crippen molar-refractivity contribution in [3.63, 3.8) is 0 Å². The van der Waals surface area contributed by atoms with Gasteiger partial charge < -0.3 is 15.8 Å². The van der Waals surface area contributed by atoms with E-state index in [-0.39, 0.29) is 15.6 Å². The Balaban J connectivity index is 2.35. The molecule has 1 aromatic heterocycles. The van der Waals surface area contributed by atoms with Gasteiger partial charge in [-0.15, -0.1) is 11.3 Å². The maximum atomic E-state index is 12.4.